The molecule has 0 bridgehead atoms. The maximum atomic E-state index is 12.4. The number of hydrogen-bond donors (Lipinski definition) is 2. The highest BCUT2D eigenvalue weighted by Gasteiger charge is 2.14. The molecule has 2 aromatic heterocycles. The third-order valence-electron chi connectivity index (χ3n) is 4.32. The molecule has 0 saturated carbocycles. The monoisotopic (exact) mass is 499 g/mol. The van der Waals surface area contributed by atoms with E-state index < -0.39 is 0 Å². The van der Waals surface area contributed by atoms with Crippen molar-refractivity contribution in [1.82, 2.24) is 19.8 Å². The molecule has 0 atom stereocenters. The van der Waals surface area contributed by atoms with Crippen LogP contribution >= 0.6 is 27.7 Å². The average molecular weight is 500 g/mol. The Kier molecular flexibility index (Phi) is 6.38. The normalized spacial score (nSPS) is 10.9. The Morgan fingerprint density at radius 3 is 2.74 bits per heavy atom. The van der Waals surface area contributed by atoms with Gasteiger partial charge in [0.15, 0.2) is 0 Å². The number of anilines is 1. The number of hydrogen-bond acceptors (Lipinski definition) is 6. The van der Waals surface area contributed by atoms with Crippen LogP contribution < -0.4 is 15.6 Å². The van der Waals surface area contributed by atoms with E-state index in [0.29, 0.717) is 28.7 Å². The standard InChI is InChI=1S/C21H18BrN5O3S/c1-2-30-14-9-7-13(8-10-14)17-11-18-20(29)24-25-21(27(18)26-17)31-12-19(28)23-16-6-4-3-5-15(16)22/h3-11H,2,12H2,1H3,(H,23,28)(H,24,29). The number of halogens is 1. The van der Waals surface area contributed by atoms with Crippen LogP contribution in [0.1, 0.15) is 6.92 Å². The number of carbonyl (C=O) groups is 1. The van der Waals surface area contributed by atoms with Crippen LogP contribution in [0.2, 0.25) is 0 Å². The van der Waals surface area contributed by atoms with E-state index in [1.165, 1.54) is 16.3 Å². The summed E-state index contributed by atoms with van der Waals surface area (Å²) >= 11 is 4.58. The van der Waals surface area contributed by atoms with Gasteiger partial charge in [-0.25, -0.2) is 9.61 Å². The molecule has 0 unspecified atom stereocenters. The summed E-state index contributed by atoms with van der Waals surface area (Å²) in [5.74, 6) is 0.673. The fraction of sp³-hybridized carbons (Fsp3) is 0.143. The predicted octanol–water partition coefficient (Wildman–Crippen LogP) is 3.98. The van der Waals surface area contributed by atoms with Crippen molar-refractivity contribution in [3.05, 3.63) is 69.4 Å². The molecular weight excluding hydrogens is 482 g/mol. The Balaban J connectivity index is 1.54. The number of nitrogens with one attached hydrogen (secondary N) is 2. The van der Waals surface area contributed by atoms with Gasteiger partial charge in [-0.1, -0.05) is 23.9 Å². The highest BCUT2D eigenvalue weighted by atomic mass is 79.9. The number of nitrogens with zero attached hydrogens (tertiary/aromatic N) is 3. The second-order valence-electron chi connectivity index (χ2n) is 6.44. The van der Waals surface area contributed by atoms with Crippen LogP contribution in [0.3, 0.4) is 0 Å². The van der Waals surface area contributed by atoms with Crippen LogP contribution in [-0.2, 0) is 4.79 Å². The van der Waals surface area contributed by atoms with Gasteiger partial charge >= 0.3 is 0 Å². The zero-order valence-electron chi connectivity index (χ0n) is 16.5. The number of aromatic amines is 1. The van der Waals surface area contributed by atoms with E-state index in [4.69, 9.17) is 4.74 Å². The van der Waals surface area contributed by atoms with Gasteiger partial charge in [-0.3, -0.25) is 9.59 Å². The summed E-state index contributed by atoms with van der Waals surface area (Å²) in [6, 6.07) is 16.5. The molecule has 158 valence electrons. The quantitative estimate of drug-likeness (QED) is 0.373. The number of carbonyl (C=O) groups excluding carboxylic acids is 1. The van der Waals surface area contributed by atoms with Crippen molar-refractivity contribution in [2.45, 2.75) is 12.1 Å². The summed E-state index contributed by atoms with van der Waals surface area (Å²) in [5, 5.41) is 14.3. The van der Waals surface area contributed by atoms with Gasteiger partial charge < -0.3 is 10.1 Å². The molecule has 0 aliphatic rings. The minimum Gasteiger partial charge on any atom is -0.494 e. The fourth-order valence-corrected chi connectivity index (χ4v) is 3.98. The molecule has 8 nitrogen and oxygen atoms in total. The lowest BCUT2D eigenvalue weighted by molar-refractivity contribution is -0.113. The first-order valence-corrected chi connectivity index (χ1v) is 11.2. The summed E-state index contributed by atoms with van der Waals surface area (Å²) in [5.41, 5.74) is 2.15. The minimum absolute atomic E-state index is 0.105. The fourth-order valence-electron chi connectivity index (χ4n) is 2.89. The molecule has 0 radical (unpaired) electrons. The molecule has 0 aliphatic heterocycles. The van der Waals surface area contributed by atoms with E-state index in [1.54, 1.807) is 12.1 Å². The first-order chi connectivity index (χ1) is 15.0. The zero-order chi connectivity index (χ0) is 21.8. The largest absolute Gasteiger partial charge is 0.494 e. The zero-order valence-corrected chi connectivity index (χ0v) is 18.9. The van der Waals surface area contributed by atoms with Crippen LogP contribution in [0.4, 0.5) is 5.69 Å². The van der Waals surface area contributed by atoms with E-state index >= 15 is 0 Å². The molecule has 2 N–H and O–H groups in total. The number of fused-ring (bicyclic) bond motifs is 1. The second-order valence-corrected chi connectivity index (χ2v) is 8.23. The summed E-state index contributed by atoms with van der Waals surface area (Å²) in [6.45, 7) is 2.51. The Morgan fingerprint density at radius 2 is 2.00 bits per heavy atom. The van der Waals surface area contributed by atoms with Gasteiger partial charge in [-0.2, -0.15) is 5.10 Å². The summed E-state index contributed by atoms with van der Waals surface area (Å²) in [4.78, 5) is 24.6. The van der Waals surface area contributed by atoms with Crippen LogP contribution in [0.15, 0.2) is 69.0 Å². The second kappa shape index (κ2) is 9.36. The molecular formula is C21H18BrN5O3S. The first-order valence-electron chi connectivity index (χ1n) is 9.44. The van der Waals surface area contributed by atoms with Crippen molar-refractivity contribution < 1.29 is 9.53 Å². The highest BCUT2D eigenvalue weighted by molar-refractivity contribution is 9.10. The maximum Gasteiger partial charge on any atom is 0.290 e. The Hall–Kier alpha value is -3.11. The van der Waals surface area contributed by atoms with Crippen molar-refractivity contribution in [2.75, 3.05) is 17.7 Å². The van der Waals surface area contributed by atoms with Crippen molar-refractivity contribution in [3.8, 4) is 17.0 Å². The van der Waals surface area contributed by atoms with Crippen molar-refractivity contribution in [1.29, 1.82) is 0 Å². The van der Waals surface area contributed by atoms with Gasteiger partial charge in [-0.05, 0) is 65.3 Å². The average Bonchev–Trinajstić information content (AvgIpc) is 3.22. The minimum atomic E-state index is -0.355. The number of thioether (sulfide) groups is 1. The topological polar surface area (TPSA) is 101 Å². The number of aromatic nitrogens is 4. The van der Waals surface area contributed by atoms with Gasteiger partial charge in [0, 0.05) is 10.0 Å². The number of amides is 1. The molecule has 10 heteroatoms. The van der Waals surface area contributed by atoms with Crippen molar-refractivity contribution in [3.63, 3.8) is 0 Å². The molecule has 4 rings (SSSR count). The van der Waals surface area contributed by atoms with E-state index in [2.05, 4.69) is 36.5 Å². The number of para-hydroxylation sites is 1. The lowest BCUT2D eigenvalue weighted by atomic mass is 10.1. The SMILES string of the molecule is CCOc1ccc(-c2cc3c(=O)[nH]nc(SCC(=O)Nc4ccccc4Br)n3n2)cc1. The van der Waals surface area contributed by atoms with Crippen molar-refractivity contribution >= 4 is 44.8 Å². The third-order valence-corrected chi connectivity index (χ3v) is 5.94. The van der Waals surface area contributed by atoms with E-state index in [1.807, 2.05) is 49.4 Å². The van der Waals surface area contributed by atoms with Gasteiger partial charge in [-0.15, -0.1) is 5.10 Å². The number of H-pyrrole nitrogens is 1. The molecule has 2 heterocycles. The molecule has 0 spiro atoms. The molecule has 0 aliphatic carbocycles. The number of benzene rings is 2. The van der Waals surface area contributed by atoms with Gasteiger partial charge in [0.05, 0.1) is 23.7 Å². The van der Waals surface area contributed by atoms with E-state index in [0.717, 1.165) is 15.8 Å². The van der Waals surface area contributed by atoms with Crippen LogP contribution in [-0.4, -0.2) is 38.1 Å². The Bertz CT molecular complexity index is 1290. The predicted molar refractivity (Wildman–Crippen MR) is 124 cm³/mol. The summed E-state index contributed by atoms with van der Waals surface area (Å²) in [6.07, 6.45) is 0. The molecule has 4 aromatic rings. The molecule has 0 fully saturated rings. The lowest BCUT2D eigenvalue weighted by Crippen LogP contribution is -2.17. The highest BCUT2D eigenvalue weighted by Crippen LogP contribution is 2.25. The molecule has 0 saturated heterocycles. The number of ether oxygens (including phenoxy) is 1. The number of rotatable bonds is 7. The van der Waals surface area contributed by atoms with Crippen LogP contribution in [0, 0.1) is 0 Å². The van der Waals surface area contributed by atoms with Crippen LogP contribution in [0.25, 0.3) is 16.8 Å². The van der Waals surface area contributed by atoms with E-state index in [-0.39, 0.29) is 17.2 Å². The van der Waals surface area contributed by atoms with Gasteiger partial charge in [0.25, 0.3) is 5.56 Å². The molecule has 2 aromatic carbocycles. The van der Waals surface area contributed by atoms with Crippen LogP contribution in [0.5, 0.6) is 5.75 Å². The summed E-state index contributed by atoms with van der Waals surface area (Å²) in [7, 11) is 0. The van der Waals surface area contributed by atoms with Crippen molar-refractivity contribution in [2.24, 2.45) is 0 Å². The third kappa shape index (κ3) is 4.80. The summed E-state index contributed by atoms with van der Waals surface area (Å²) < 4.78 is 7.72. The first kappa shape index (κ1) is 21.1. The molecule has 1 amide bonds. The van der Waals surface area contributed by atoms with Gasteiger partial charge in [0.2, 0.25) is 11.1 Å². The smallest absolute Gasteiger partial charge is 0.290 e. The van der Waals surface area contributed by atoms with Gasteiger partial charge in [0.1, 0.15) is 11.3 Å². The molecule has 31 heavy (non-hydrogen) atoms. The maximum absolute atomic E-state index is 12.4. The van der Waals surface area contributed by atoms with E-state index in [9.17, 15) is 9.59 Å². The Labute approximate surface area is 190 Å². The Morgan fingerprint density at radius 1 is 1.23 bits per heavy atom. The lowest BCUT2D eigenvalue weighted by Gasteiger charge is -2.07.